The van der Waals surface area contributed by atoms with E-state index in [0.717, 1.165) is 12.8 Å². The van der Waals surface area contributed by atoms with Crippen molar-refractivity contribution in [3.8, 4) is 0 Å². The van der Waals surface area contributed by atoms with Crippen LogP contribution in [0.1, 0.15) is 19.8 Å². The average molecular weight is 201 g/mol. The van der Waals surface area contributed by atoms with Crippen LogP contribution in [0.4, 0.5) is 0 Å². The lowest BCUT2D eigenvalue weighted by Gasteiger charge is -2.16. The normalized spacial score (nSPS) is 12.4. The average Bonchev–Trinajstić information content (AvgIpc) is 2.14. The molecule has 0 spiro atoms. The Morgan fingerprint density at radius 3 is 2.71 bits per heavy atom. The van der Waals surface area contributed by atoms with Crippen molar-refractivity contribution in [3.63, 3.8) is 0 Å². The highest BCUT2D eigenvalue weighted by molar-refractivity contribution is 5.86. The van der Waals surface area contributed by atoms with Crippen molar-refractivity contribution in [2.75, 3.05) is 20.3 Å². The van der Waals surface area contributed by atoms with Gasteiger partial charge in [0.05, 0.1) is 6.61 Å². The van der Waals surface area contributed by atoms with Crippen LogP contribution in [0, 0.1) is 0 Å². The summed E-state index contributed by atoms with van der Waals surface area (Å²) in [6.07, 6.45) is 2.02. The summed E-state index contributed by atoms with van der Waals surface area (Å²) in [5.41, 5.74) is 0.183. The lowest BCUT2D eigenvalue weighted by Crippen LogP contribution is -2.35. The first-order valence-corrected chi connectivity index (χ1v) is 4.75. The van der Waals surface area contributed by atoms with Crippen molar-refractivity contribution < 1.29 is 14.6 Å². The van der Waals surface area contributed by atoms with Gasteiger partial charge in [0.15, 0.2) is 0 Å². The second-order valence-corrected chi connectivity index (χ2v) is 3.23. The minimum atomic E-state index is -0.954. The van der Waals surface area contributed by atoms with Crippen LogP contribution in [0.25, 0.3) is 0 Å². The molecule has 0 aliphatic heterocycles. The molecule has 0 saturated heterocycles. The standard InChI is InChI=1S/C10H19NO3/c1-4-5-9(7-14-3)11-6-8(2)10(12)13/h9,11H,2,4-7H2,1,3H3,(H,12,13). The molecule has 0 saturated carbocycles. The van der Waals surface area contributed by atoms with Crippen LogP contribution in [0.15, 0.2) is 12.2 Å². The molecule has 0 aromatic carbocycles. The second-order valence-electron chi connectivity index (χ2n) is 3.23. The van der Waals surface area contributed by atoms with Gasteiger partial charge in [-0.05, 0) is 6.42 Å². The highest BCUT2D eigenvalue weighted by Crippen LogP contribution is 1.98. The molecule has 14 heavy (non-hydrogen) atoms. The fourth-order valence-corrected chi connectivity index (χ4v) is 1.14. The summed E-state index contributed by atoms with van der Waals surface area (Å²) < 4.78 is 5.01. The van der Waals surface area contributed by atoms with Gasteiger partial charge in [-0.3, -0.25) is 0 Å². The Morgan fingerprint density at radius 2 is 2.29 bits per heavy atom. The maximum atomic E-state index is 10.5. The van der Waals surface area contributed by atoms with Gasteiger partial charge < -0.3 is 15.2 Å². The molecule has 0 fully saturated rings. The monoisotopic (exact) mass is 201 g/mol. The van der Waals surface area contributed by atoms with E-state index in [2.05, 4.69) is 18.8 Å². The zero-order valence-corrected chi connectivity index (χ0v) is 8.88. The van der Waals surface area contributed by atoms with Gasteiger partial charge in [-0.15, -0.1) is 0 Å². The number of nitrogens with one attached hydrogen (secondary N) is 1. The van der Waals surface area contributed by atoms with E-state index in [-0.39, 0.29) is 11.6 Å². The third-order valence-electron chi connectivity index (χ3n) is 1.91. The zero-order chi connectivity index (χ0) is 11.0. The fraction of sp³-hybridized carbons (Fsp3) is 0.700. The molecule has 0 aliphatic rings. The first kappa shape index (κ1) is 13.1. The number of aliphatic carboxylic acids is 1. The molecule has 0 aromatic heterocycles. The van der Waals surface area contributed by atoms with Crippen molar-refractivity contribution in [1.82, 2.24) is 5.32 Å². The molecule has 0 heterocycles. The number of hydrogen-bond acceptors (Lipinski definition) is 3. The third kappa shape index (κ3) is 5.72. The van der Waals surface area contributed by atoms with E-state index in [1.165, 1.54) is 0 Å². The largest absolute Gasteiger partial charge is 0.478 e. The van der Waals surface area contributed by atoms with Crippen LogP contribution in [0.3, 0.4) is 0 Å². The number of ether oxygens (including phenoxy) is 1. The maximum Gasteiger partial charge on any atom is 0.332 e. The molecule has 0 amide bonds. The lowest BCUT2D eigenvalue weighted by molar-refractivity contribution is -0.132. The smallest absolute Gasteiger partial charge is 0.332 e. The van der Waals surface area contributed by atoms with Gasteiger partial charge in [0, 0.05) is 25.3 Å². The molecular formula is C10H19NO3. The SMILES string of the molecule is C=C(CNC(CCC)COC)C(=O)O. The molecule has 1 unspecified atom stereocenters. The Kier molecular flexibility index (Phi) is 7.06. The number of carboxylic acids is 1. The summed E-state index contributed by atoms with van der Waals surface area (Å²) >= 11 is 0. The molecule has 0 aliphatic carbocycles. The lowest BCUT2D eigenvalue weighted by atomic mass is 10.1. The molecule has 4 heteroatoms. The topological polar surface area (TPSA) is 58.6 Å². The van der Waals surface area contributed by atoms with Crippen molar-refractivity contribution in [2.24, 2.45) is 0 Å². The van der Waals surface area contributed by atoms with E-state index < -0.39 is 5.97 Å². The Balaban J connectivity index is 3.80. The Hall–Kier alpha value is -0.870. The highest BCUT2D eigenvalue weighted by Gasteiger charge is 2.09. The van der Waals surface area contributed by atoms with Gasteiger partial charge in [0.1, 0.15) is 0 Å². The van der Waals surface area contributed by atoms with Crippen molar-refractivity contribution >= 4 is 5.97 Å². The minimum absolute atomic E-state index is 0.183. The summed E-state index contributed by atoms with van der Waals surface area (Å²) in [4.78, 5) is 10.5. The summed E-state index contributed by atoms with van der Waals surface area (Å²) in [5.74, 6) is -0.954. The van der Waals surface area contributed by atoms with Crippen molar-refractivity contribution in [1.29, 1.82) is 0 Å². The van der Waals surface area contributed by atoms with E-state index in [4.69, 9.17) is 9.84 Å². The zero-order valence-electron chi connectivity index (χ0n) is 8.88. The van der Waals surface area contributed by atoms with Gasteiger partial charge >= 0.3 is 5.97 Å². The maximum absolute atomic E-state index is 10.5. The number of hydrogen-bond donors (Lipinski definition) is 2. The van der Waals surface area contributed by atoms with Crippen LogP contribution >= 0.6 is 0 Å². The van der Waals surface area contributed by atoms with Crippen LogP contribution in [-0.4, -0.2) is 37.4 Å². The Bertz CT molecular complexity index is 186. The van der Waals surface area contributed by atoms with Crippen LogP contribution < -0.4 is 5.32 Å². The minimum Gasteiger partial charge on any atom is -0.478 e. The number of carboxylic acid groups (broad SMARTS) is 1. The van der Waals surface area contributed by atoms with E-state index in [1.54, 1.807) is 7.11 Å². The number of methoxy groups -OCH3 is 1. The molecule has 0 bridgehead atoms. The number of carbonyl (C=O) groups is 1. The molecular weight excluding hydrogens is 182 g/mol. The van der Waals surface area contributed by atoms with E-state index in [0.29, 0.717) is 13.2 Å². The molecule has 4 nitrogen and oxygen atoms in total. The predicted octanol–water partition coefficient (Wildman–Crippen LogP) is 1.03. The van der Waals surface area contributed by atoms with Gasteiger partial charge in [0.25, 0.3) is 0 Å². The van der Waals surface area contributed by atoms with Crippen molar-refractivity contribution in [2.45, 2.75) is 25.8 Å². The first-order valence-electron chi connectivity index (χ1n) is 4.75. The van der Waals surface area contributed by atoms with Gasteiger partial charge in [-0.2, -0.15) is 0 Å². The fourth-order valence-electron chi connectivity index (χ4n) is 1.14. The van der Waals surface area contributed by atoms with E-state index >= 15 is 0 Å². The van der Waals surface area contributed by atoms with Gasteiger partial charge in [0.2, 0.25) is 0 Å². The van der Waals surface area contributed by atoms with Gasteiger partial charge in [-0.25, -0.2) is 4.79 Å². The van der Waals surface area contributed by atoms with Crippen LogP contribution in [-0.2, 0) is 9.53 Å². The van der Waals surface area contributed by atoms with Crippen molar-refractivity contribution in [3.05, 3.63) is 12.2 Å². The summed E-state index contributed by atoms with van der Waals surface area (Å²) in [7, 11) is 1.64. The first-order chi connectivity index (χ1) is 6.61. The van der Waals surface area contributed by atoms with Crippen LogP contribution in [0.5, 0.6) is 0 Å². The highest BCUT2D eigenvalue weighted by atomic mass is 16.5. The molecule has 0 rings (SSSR count). The van der Waals surface area contributed by atoms with E-state index in [9.17, 15) is 4.79 Å². The van der Waals surface area contributed by atoms with E-state index in [1.807, 2.05) is 0 Å². The Morgan fingerprint density at radius 1 is 1.64 bits per heavy atom. The summed E-state index contributed by atoms with van der Waals surface area (Å²) in [6, 6.07) is 0.209. The quantitative estimate of drug-likeness (QED) is 0.576. The molecule has 0 radical (unpaired) electrons. The molecule has 82 valence electrons. The predicted molar refractivity (Wildman–Crippen MR) is 55.4 cm³/mol. The molecule has 0 aromatic rings. The van der Waals surface area contributed by atoms with Crippen LogP contribution in [0.2, 0.25) is 0 Å². The molecule has 2 N–H and O–H groups in total. The summed E-state index contributed by atoms with van der Waals surface area (Å²) in [6.45, 7) is 6.43. The molecule has 1 atom stereocenters. The Labute approximate surface area is 85.0 Å². The van der Waals surface area contributed by atoms with Gasteiger partial charge in [-0.1, -0.05) is 19.9 Å². The summed E-state index contributed by atoms with van der Waals surface area (Å²) in [5, 5.41) is 11.7. The second kappa shape index (κ2) is 7.53. The number of rotatable bonds is 8. The third-order valence-corrected chi connectivity index (χ3v) is 1.91.